The highest BCUT2D eigenvalue weighted by Crippen LogP contribution is 2.25. The number of hydrogen-bond donors (Lipinski definition) is 1. The number of nitrogens with zero attached hydrogens (tertiary/aromatic N) is 1. The molecule has 2 aromatic carbocycles. The molecule has 0 aromatic heterocycles. The molecule has 140 valence electrons. The predicted octanol–water partition coefficient (Wildman–Crippen LogP) is 2.83. The fourth-order valence-corrected chi connectivity index (χ4v) is 3.47. The molecule has 0 atom stereocenters. The first kappa shape index (κ1) is 19.9. The molecule has 2 aromatic rings. The molecule has 0 bridgehead atoms. The molecule has 1 amide bonds. The Balaban J connectivity index is 2.14. The van der Waals surface area contributed by atoms with Gasteiger partial charge < -0.3 is 10.1 Å². The van der Waals surface area contributed by atoms with Gasteiger partial charge in [0.15, 0.2) is 0 Å². The summed E-state index contributed by atoms with van der Waals surface area (Å²) in [6.07, 6.45) is 0.591. The van der Waals surface area contributed by atoms with Crippen molar-refractivity contribution in [1.82, 2.24) is 4.31 Å². The molecule has 0 saturated carbocycles. The Kier molecular flexibility index (Phi) is 6.39. The molecule has 2 rings (SSSR count). The van der Waals surface area contributed by atoms with Crippen molar-refractivity contribution in [2.45, 2.75) is 24.7 Å². The lowest BCUT2D eigenvalue weighted by molar-refractivity contribution is -0.116. The van der Waals surface area contributed by atoms with E-state index in [1.54, 1.807) is 12.1 Å². The Hall–Kier alpha value is -2.38. The van der Waals surface area contributed by atoms with E-state index in [0.29, 0.717) is 17.7 Å². The lowest BCUT2D eigenvalue weighted by Crippen LogP contribution is -2.22. The van der Waals surface area contributed by atoms with Crippen LogP contribution in [0.15, 0.2) is 47.4 Å². The molecule has 0 saturated heterocycles. The van der Waals surface area contributed by atoms with Gasteiger partial charge in [0.05, 0.1) is 12.0 Å². The zero-order valence-electron chi connectivity index (χ0n) is 15.4. The SMILES string of the molecule is COc1ccc(S(=O)(=O)N(C)C)cc1CCC(=O)Nc1cccc(C)c1. The van der Waals surface area contributed by atoms with Crippen LogP contribution in [0.5, 0.6) is 5.75 Å². The molecule has 0 unspecified atom stereocenters. The smallest absolute Gasteiger partial charge is 0.242 e. The normalized spacial score (nSPS) is 11.4. The van der Waals surface area contributed by atoms with Crippen molar-refractivity contribution in [2.24, 2.45) is 0 Å². The second kappa shape index (κ2) is 8.33. The van der Waals surface area contributed by atoms with Crippen LogP contribution in [0.2, 0.25) is 0 Å². The molecule has 0 aliphatic carbocycles. The van der Waals surface area contributed by atoms with Crippen molar-refractivity contribution < 1.29 is 17.9 Å². The number of aryl methyl sites for hydroxylation is 2. The average Bonchev–Trinajstić information content (AvgIpc) is 2.59. The van der Waals surface area contributed by atoms with Crippen molar-refractivity contribution in [3.63, 3.8) is 0 Å². The number of anilines is 1. The lowest BCUT2D eigenvalue weighted by Gasteiger charge is -2.14. The number of hydrogen-bond acceptors (Lipinski definition) is 4. The van der Waals surface area contributed by atoms with Gasteiger partial charge >= 0.3 is 0 Å². The number of rotatable bonds is 7. The first-order valence-corrected chi connectivity index (χ1v) is 9.64. The molecule has 1 N–H and O–H groups in total. The number of ether oxygens (including phenoxy) is 1. The van der Waals surface area contributed by atoms with E-state index in [1.165, 1.54) is 27.3 Å². The highest BCUT2D eigenvalue weighted by atomic mass is 32.2. The van der Waals surface area contributed by atoms with Gasteiger partial charge in [-0.05, 0) is 54.8 Å². The molecule has 26 heavy (non-hydrogen) atoms. The first-order valence-electron chi connectivity index (χ1n) is 8.20. The van der Waals surface area contributed by atoms with Crippen LogP contribution in [0.4, 0.5) is 5.69 Å². The summed E-state index contributed by atoms with van der Waals surface area (Å²) >= 11 is 0. The van der Waals surface area contributed by atoms with Crippen LogP contribution in [0.3, 0.4) is 0 Å². The Morgan fingerprint density at radius 3 is 2.50 bits per heavy atom. The fourth-order valence-electron chi connectivity index (χ4n) is 2.52. The molecular weight excluding hydrogens is 352 g/mol. The van der Waals surface area contributed by atoms with E-state index in [4.69, 9.17) is 4.74 Å². The summed E-state index contributed by atoms with van der Waals surface area (Å²) in [5.41, 5.74) is 2.48. The van der Waals surface area contributed by atoms with Gasteiger partial charge in [0, 0.05) is 26.2 Å². The Morgan fingerprint density at radius 2 is 1.88 bits per heavy atom. The molecule has 6 nitrogen and oxygen atoms in total. The number of methoxy groups -OCH3 is 1. The standard InChI is InChI=1S/C19H24N2O4S/c1-14-6-5-7-16(12-14)20-19(22)11-8-15-13-17(9-10-18(15)25-4)26(23,24)21(2)3/h5-7,9-10,12-13H,8,11H2,1-4H3,(H,20,22). The quantitative estimate of drug-likeness (QED) is 0.806. The molecule has 0 fully saturated rings. The van der Waals surface area contributed by atoms with Gasteiger partial charge in [0.2, 0.25) is 15.9 Å². The first-order chi connectivity index (χ1) is 12.2. The number of sulfonamides is 1. The van der Waals surface area contributed by atoms with Crippen LogP contribution >= 0.6 is 0 Å². The maximum absolute atomic E-state index is 12.3. The third-order valence-corrected chi connectivity index (χ3v) is 5.76. The van der Waals surface area contributed by atoms with E-state index in [0.717, 1.165) is 15.6 Å². The Morgan fingerprint density at radius 1 is 1.15 bits per heavy atom. The van der Waals surface area contributed by atoms with Gasteiger partial charge in [-0.1, -0.05) is 12.1 Å². The highest BCUT2D eigenvalue weighted by Gasteiger charge is 2.19. The minimum Gasteiger partial charge on any atom is -0.496 e. The van der Waals surface area contributed by atoms with Gasteiger partial charge in [0.1, 0.15) is 5.75 Å². The second-order valence-electron chi connectivity index (χ2n) is 6.18. The van der Waals surface area contributed by atoms with Gasteiger partial charge in [-0.2, -0.15) is 0 Å². The average molecular weight is 376 g/mol. The molecule has 0 heterocycles. The predicted molar refractivity (Wildman–Crippen MR) is 102 cm³/mol. The van der Waals surface area contributed by atoms with E-state index >= 15 is 0 Å². The van der Waals surface area contributed by atoms with Crippen molar-refractivity contribution in [3.05, 3.63) is 53.6 Å². The number of nitrogens with one attached hydrogen (secondary N) is 1. The Labute approximate surface area is 154 Å². The molecule has 0 aliphatic rings. The maximum atomic E-state index is 12.3. The van der Waals surface area contributed by atoms with E-state index in [-0.39, 0.29) is 17.2 Å². The third-order valence-electron chi connectivity index (χ3n) is 3.95. The van der Waals surface area contributed by atoms with Crippen molar-refractivity contribution in [2.75, 3.05) is 26.5 Å². The molecular formula is C19H24N2O4S. The van der Waals surface area contributed by atoms with Crippen LogP contribution in [-0.4, -0.2) is 39.8 Å². The summed E-state index contributed by atoms with van der Waals surface area (Å²) in [4.78, 5) is 12.4. The molecule has 0 spiro atoms. The van der Waals surface area contributed by atoms with E-state index in [1.807, 2.05) is 31.2 Å². The molecule has 0 aliphatic heterocycles. The van der Waals surface area contributed by atoms with Gasteiger partial charge in [-0.25, -0.2) is 12.7 Å². The number of carbonyl (C=O) groups is 1. The van der Waals surface area contributed by atoms with E-state index < -0.39 is 10.0 Å². The van der Waals surface area contributed by atoms with Crippen molar-refractivity contribution in [3.8, 4) is 5.75 Å². The zero-order valence-corrected chi connectivity index (χ0v) is 16.3. The fraction of sp³-hybridized carbons (Fsp3) is 0.316. The number of carbonyl (C=O) groups excluding carboxylic acids is 1. The summed E-state index contributed by atoms with van der Waals surface area (Å²) in [5, 5.41) is 2.85. The monoisotopic (exact) mass is 376 g/mol. The van der Waals surface area contributed by atoms with E-state index in [9.17, 15) is 13.2 Å². The van der Waals surface area contributed by atoms with Crippen molar-refractivity contribution >= 4 is 21.6 Å². The van der Waals surface area contributed by atoms with Crippen LogP contribution in [0, 0.1) is 6.92 Å². The van der Waals surface area contributed by atoms with E-state index in [2.05, 4.69) is 5.32 Å². The van der Waals surface area contributed by atoms with Gasteiger partial charge in [-0.3, -0.25) is 4.79 Å². The Bertz CT molecular complexity index is 892. The van der Waals surface area contributed by atoms with Crippen LogP contribution in [0.1, 0.15) is 17.5 Å². The van der Waals surface area contributed by atoms with Crippen LogP contribution < -0.4 is 10.1 Å². The topological polar surface area (TPSA) is 75.7 Å². The summed E-state index contributed by atoms with van der Waals surface area (Å²) in [7, 11) is 0.942. The summed E-state index contributed by atoms with van der Waals surface area (Å²) in [6, 6.07) is 12.2. The summed E-state index contributed by atoms with van der Waals surface area (Å²) in [6.45, 7) is 1.96. The number of amides is 1. The lowest BCUT2D eigenvalue weighted by atomic mass is 10.1. The van der Waals surface area contributed by atoms with Crippen LogP contribution in [-0.2, 0) is 21.2 Å². The summed E-state index contributed by atoms with van der Waals surface area (Å²) in [5.74, 6) is 0.421. The zero-order chi connectivity index (χ0) is 19.3. The third kappa shape index (κ3) is 4.83. The second-order valence-corrected chi connectivity index (χ2v) is 8.33. The largest absolute Gasteiger partial charge is 0.496 e. The highest BCUT2D eigenvalue weighted by molar-refractivity contribution is 7.89. The van der Waals surface area contributed by atoms with Crippen molar-refractivity contribution in [1.29, 1.82) is 0 Å². The number of benzene rings is 2. The summed E-state index contributed by atoms with van der Waals surface area (Å²) < 4.78 is 31.1. The molecule has 7 heteroatoms. The maximum Gasteiger partial charge on any atom is 0.242 e. The van der Waals surface area contributed by atoms with Gasteiger partial charge in [-0.15, -0.1) is 0 Å². The molecule has 0 radical (unpaired) electrons. The van der Waals surface area contributed by atoms with Gasteiger partial charge in [0.25, 0.3) is 0 Å². The van der Waals surface area contributed by atoms with Crippen LogP contribution in [0.25, 0.3) is 0 Å². The minimum atomic E-state index is -3.54. The minimum absolute atomic E-state index is 0.140.